The topological polar surface area (TPSA) is 39.9 Å². The Morgan fingerprint density at radius 3 is 3.17 bits per heavy atom. The Hall–Kier alpha value is -1.38. The van der Waals surface area contributed by atoms with Crippen LogP contribution in [0.5, 0.6) is 0 Å². The number of nitrogens with zero attached hydrogens (tertiary/aromatic N) is 3. The van der Waals surface area contributed by atoms with Gasteiger partial charge in [-0.1, -0.05) is 6.07 Å². The van der Waals surface area contributed by atoms with E-state index in [0.29, 0.717) is 6.04 Å². The maximum atomic E-state index is 9.26. The molecule has 0 radical (unpaired) electrons. The monoisotopic (exact) mass is 275 g/mol. The van der Waals surface area contributed by atoms with E-state index < -0.39 is 0 Å². The summed E-state index contributed by atoms with van der Waals surface area (Å²) in [5.74, 6) is 0. The van der Waals surface area contributed by atoms with Crippen LogP contribution in [0.4, 0.5) is 5.00 Å². The van der Waals surface area contributed by atoms with Crippen LogP contribution >= 0.6 is 22.9 Å². The lowest BCUT2D eigenvalue weighted by molar-refractivity contribution is 0.737. The van der Waals surface area contributed by atoms with Gasteiger partial charge < -0.3 is 4.90 Å². The van der Waals surface area contributed by atoms with Gasteiger partial charge in [-0.2, -0.15) is 9.64 Å². The molecular formula is C13H13N3S2. The SMILES string of the molecule is Cc1nsc(N2CCCC2c2cccs2)c1C#N. The maximum Gasteiger partial charge on any atom is 0.130 e. The molecule has 1 unspecified atom stereocenters. The fraction of sp³-hybridized carbons (Fsp3) is 0.385. The molecule has 0 saturated carbocycles. The second kappa shape index (κ2) is 4.71. The minimum Gasteiger partial charge on any atom is -0.353 e. The van der Waals surface area contributed by atoms with Crippen LogP contribution in [-0.4, -0.2) is 10.9 Å². The van der Waals surface area contributed by atoms with Gasteiger partial charge >= 0.3 is 0 Å². The van der Waals surface area contributed by atoms with Crippen molar-refractivity contribution in [2.24, 2.45) is 0 Å². The summed E-state index contributed by atoms with van der Waals surface area (Å²) in [6, 6.07) is 7.01. The minimum absolute atomic E-state index is 0.428. The minimum atomic E-state index is 0.428. The van der Waals surface area contributed by atoms with Gasteiger partial charge in [0.25, 0.3) is 0 Å². The van der Waals surface area contributed by atoms with Gasteiger partial charge in [-0.15, -0.1) is 11.3 Å². The second-order valence-electron chi connectivity index (χ2n) is 4.43. The fourth-order valence-electron chi connectivity index (χ4n) is 2.47. The highest BCUT2D eigenvalue weighted by atomic mass is 32.1. The van der Waals surface area contributed by atoms with E-state index in [4.69, 9.17) is 0 Å². The summed E-state index contributed by atoms with van der Waals surface area (Å²) in [4.78, 5) is 3.75. The van der Waals surface area contributed by atoms with E-state index in [1.54, 1.807) is 11.3 Å². The molecule has 1 fully saturated rings. The van der Waals surface area contributed by atoms with Crippen LogP contribution in [0.3, 0.4) is 0 Å². The van der Waals surface area contributed by atoms with Gasteiger partial charge in [0.05, 0.1) is 11.7 Å². The van der Waals surface area contributed by atoms with E-state index in [-0.39, 0.29) is 0 Å². The second-order valence-corrected chi connectivity index (χ2v) is 6.16. The molecule has 92 valence electrons. The van der Waals surface area contributed by atoms with Gasteiger partial charge in [-0.3, -0.25) is 0 Å². The molecule has 0 bridgehead atoms. The van der Waals surface area contributed by atoms with Gasteiger partial charge in [-0.25, -0.2) is 0 Å². The first kappa shape index (κ1) is 11.7. The van der Waals surface area contributed by atoms with Crippen molar-refractivity contribution in [1.82, 2.24) is 4.37 Å². The molecule has 18 heavy (non-hydrogen) atoms. The molecule has 2 aromatic rings. The number of anilines is 1. The first-order valence-electron chi connectivity index (χ1n) is 5.97. The summed E-state index contributed by atoms with van der Waals surface area (Å²) in [6.45, 7) is 2.94. The molecule has 1 saturated heterocycles. The molecule has 0 spiro atoms. The molecule has 0 amide bonds. The summed E-state index contributed by atoms with van der Waals surface area (Å²) in [5, 5.41) is 12.4. The quantitative estimate of drug-likeness (QED) is 0.838. The fourth-order valence-corrected chi connectivity index (χ4v) is 4.27. The van der Waals surface area contributed by atoms with Crippen molar-refractivity contribution in [3.05, 3.63) is 33.6 Å². The highest BCUT2D eigenvalue weighted by Crippen LogP contribution is 2.41. The number of hydrogen-bond acceptors (Lipinski definition) is 5. The summed E-state index contributed by atoms with van der Waals surface area (Å²) >= 11 is 3.26. The van der Waals surface area contributed by atoms with Gasteiger partial charge in [-0.05, 0) is 42.7 Å². The molecule has 1 atom stereocenters. The largest absolute Gasteiger partial charge is 0.353 e. The zero-order valence-electron chi connectivity index (χ0n) is 10.1. The van der Waals surface area contributed by atoms with Crippen molar-refractivity contribution in [2.75, 3.05) is 11.4 Å². The number of aryl methyl sites for hydroxylation is 1. The Kier molecular flexibility index (Phi) is 3.06. The lowest BCUT2D eigenvalue weighted by Crippen LogP contribution is -2.21. The zero-order valence-corrected chi connectivity index (χ0v) is 11.7. The molecule has 0 aromatic carbocycles. The van der Waals surface area contributed by atoms with Crippen molar-refractivity contribution >= 4 is 27.9 Å². The number of thiophene rings is 1. The molecule has 3 heterocycles. The van der Waals surface area contributed by atoms with Crippen LogP contribution in [0.25, 0.3) is 0 Å². The van der Waals surface area contributed by atoms with Gasteiger partial charge in [0.15, 0.2) is 0 Å². The van der Waals surface area contributed by atoms with Crippen molar-refractivity contribution in [3.8, 4) is 6.07 Å². The van der Waals surface area contributed by atoms with Crippen LogP contribution in [-0.2, 0) is 0 Å². The Morgan fingerprint density at radius 2 is 2.44 bits per heavy atom. The standard InChI is InChI=1S/C13H13N3S2/c1-9-10(8-14)13(18-15-9)16-6-2-4-11(16)12-5-3-7-17-12/h3,5,7,11H,2,4,6H2,1H3. The number of rotatable bonds is 2. The Balaban J connectivity index is 1.98. The molecule has 2 aromatic heterocycles. The normalized spacial score (nSPS) is 19.1. The van der Waals surface area contributed by atoms with Crippen LogP contribution in [0.1, 0.15) is 35.0 Å². The summed E-state index contributed by atoms with van der Waals surface area (Å²) < 4.78 is 4.33. The smallest absolute Gasteiger partial charge is 0.130 e. The van der Waals surface area contributed by atoms with Crippen molar-refractivity contribution in [1.29, 1.82) is 5.26 Å². The highest BCUT2D eigenvalue weighted by molar-refractivity contribution is 7.11. The Bertz CT molecular complexity index is 580. The molecule has 0 aliphatic carbocycles. The zero-order chi connectivity index (χ0) is 12.5. The van der Waals surface area contributed by atoms with E-state index >= 15 is 0 Å². The summed E-state index contributed by atoms with van der Waals surface area (Å²) in [5.41, 5.74) is 1.61. The number of nitriles is 1. The maximum absolute atomic E-state index is 9.26. The number of hydrogen-bond donors (Lipinski definition) is 0. The number of aromatic nitrogens is 1. The average molecular weight is 275 g/mol. The molecule has 3 rings (SSSR count). The first-order chi connectivity index (χ1) is 8.81. The van der Waals surface area contributed by atoms with Crippen LogP contribution in [0.2, 0.25) is 0 Å². The molecule has 5 heteroatoms. The van der Waals surface area contributed by atoms with Crippen molar-refractivity contribution < 1.29 is 0 Å². The molecule has 1 aliphatic rings. The van der Waals surface area contributed by atoms with Crippen LogP contribution in [0, 0.1) is 18.3 Å². The van der Waals surface area contributed by atoms with E-state index in [2.05, 4.69) is 32.9 Å². The molecule has 0 N–H and O–H groups in total. The van der Waals surface area contributed by atoms with Gasteiger partial charge in [0.1, 0.15) is 16.6 Å². The van der Waals surface area contributed by atoms with Crippen LogP contribution in [0.15, 0.2) is 17.5 Å². The van der Waals surface area contributed by atoms with E-state index in [1.807, 2.05) is 6.92 Å². The predicted molar refractivity (Wildman–Crippen MR) is 75.2 cm³/mol. The van der Waals surface area contributed by atoms with Crippen LogP contribution < -0.4 is 4.90 Å². The molecular weight excluding hydrogens is 262 g/mol. The summed E-state index contributed by atoms with van der Waals surface area (Å²) in [7, 11) is 0. The first-order valence-corrected chi connectivity index (χ1v) is 7.63. The average Bonchev–Trinajstić information content (AvgIpc) is 3.07. The Labute approximate surface area is 114 Å². The van der Waals surface area contributed by atoms with Gasteiger partial charge in [0, 0.05) is 11.4 Å². The lowest BCUT2D eigenvalue weighted by Gasteiger charge is -2.24. The van der Waals surface area contributed by atoms with Gasteiger partial charge in [0.2, 0.25) is 0 Å². The van der Waals surface area contributed by atoms with E-state index in [0.717, 1.165) is 22.8 Å². The summed E-state index contributed by atoms with van der Waals surface area (Å²) in [6.07, 6.45) is 2.35. The Morgan fingerprint density at radius 1 is 1.56 bits per heavy atom. The third kappa shape index (κ3) is 1.82. The van der Waals surface area contributed by atoms with Crippen molar-refractivity contribution in [2.45, 2.75) is 25.8 Å². The van der Waals surface area contributed by atoms with E-state index in [9.17, 15) is 5.26 Å². The van der Waals surface area contributed by atoms with E-state index in [1.165, 1.54) is 29.3 Å². The lowest BCUT2D eigenvalue weighted by atomic mass is 10.2. The predicted octanol–water partition coefficient (Wildman–Crippen LogP) is 3.73. The molecule has 1 aliphatic heterocycles. The highest BCUT2D eigenvalue weighted by Gasteiger charge is 2.30. The molecule has 3 nitrogen and oxygen atoms in total. The third-order valence-corrected chi connectivity index (χ3v) is 5.29. The van der Waals surface area contributed by atoms with Crippen molar-refractivity contribution in [3.63, 3.8) is 0 Å². The third-order valence-electron chi connectivity index (χ3n) is 3.34.